The number of rotatable bonds is 3. The fourth-order valence-electron chi connectivity index (χ4n) is 1.09. The van der Waals surface area contributed by atoms with Crippen LogP contribution in [0.2, 0.25) is 0 Å². The molecule has 1 aromatic carbocycles. The number of hydrogen-bond donors (Lipinski definition) is 0. The summed E-state index contributed by atoms with van der Waals surface area (Å²) < 4.78 is 17.1. The van der Waals surface area contributed by atoms with Crippen molar-refractivity contribution in [2.45, 2.75) is 0 Å². The highest BCUT2D eigenvalue weighted by molar-refractivity contribution is 6.44. The molecule has 1 rings (SSSR count). The SMILES string of the molecule is CO/N=C(\C#CC(=O)c1ccc(F)cc1)C(=O)OC. The Balaban J connectivity index is 2.92. The molecule has 0 aromatic heterocycles. The normalized spacial score (nSPS) is 10.2. The van der Waals surface area contributed by atoms with Crippen molar-refractivity contribution in [1.29, 1.82) is 0 Å². The van der Waals surface area contributed by atoms with E-state index in [0.717, 1.165) is 19.2 Å². The van der Waals surface area contributed by atoms with E-state index in [0.29, 0.717) is 0 Å². The van der Waals surface area contributed by atoms with Crippen LogP contribution in [0, 0.1) is 17.7 Å². The standard InChI is InChI=1S/C13H10FNO4/c1-18-13(17)11(15-19-2)7-8-12(16)9-3-5-10(14)6-4-9/h3-6H,1-2H3/b15-11+. The Labute approximate surface area is 109 Å². The van der Waals surface area contributed by atoms with E-state index in [1.54, 1.807) is 0 Å². The Bertz CT molecular complexity index is 567. The molecule has 0 aliphatic rings. The van der Waals surface area contributed by atoms with Gasteiger partial charge in [-0.1, -0.05) is 5.16 Å². The van der Waals surface area contributed by atoms with Crippen LogP contribution in [0.15, 0.2) is 29.4 Å². The second-order valence-electron chi connectivity index (χ2n) is 3.20. The number of Topliss-reactive ketones (excluding diaryl/α,β-unsaturated/α-hetero) is 1. The van der Waals surface area contributed by atoms with Crippen LogP contribution in [0.1, 0.15) is 10.4 Å². The second-order valence-corrected chi connectivity index (χ2v) is 3.20. The van der Waals surface area contributed by atoms with Crippen LogP contribution in [-0.2, 0) is 14.4 Å². The zero-order valence-electron chi connectivity index (χ0n) is 10.3. The van der Waals surface area contributed by atoms with Crippen LogP contribution in [0.4, 0.5) is 4.39 Å². The molecule has 1 aromatic rings. The zero-order valence-corrected chi connectivity index (χ0v) is 10.3. The van der Waals surface area contributed by atoms with E-state index in [-0.39, 0.29) is 11.3 Å². The van der Waals surface area contributed by atoms with Crippen molar-refractivity contribution < 1.29 is 23.6 Å². The van der Waals surface area contributed by atoms with Gasteiger partial charge in [0.1, 0.15) is 12.9 Å². The van der Waals surface area contributed by atoms with Gasteiger partial charge in [0.2, 0.25) is 11.5 Å². The highest BCUT2D eigenvalue weighted by Crippen LogP contribution is 2.02. The maximum absolute atomic E-state index is 12.7. The van der Waals surface area contributed by atoms with Crippen molar-refractivity contribution in [2.24, 2.45) is 5.16 Å². The van der Waals surface area contributed by atoms with Gasteiger partial charge in [0.25, 0.3) is 0 Å². The number of benzene rings is 1. The lowest BCUT2D eigenvalue weighted by atomic mass is 10.1. The number of carbonyl (C=O) groups excluding carboxylic acids is 2. The van der Waals surface area contributed by atoms with E-state index < -0.39 is 17.6 Å². The van der Waals surface area contributed by atoms with Crippen molar-refractivity contribution >= 4 is 17.5 Å². The fourth-order valence-corrected chi connectivity index (χ4v) is 1.09. The molecule has 98 valence electrons. The van der Waals surface area contributed by atoms with Gasteiger partial charge >= 0.3 is 5.97 Å². The smallest absolute Gasteiger partial charge is 0.368 e. The van der Waals surface area contributed by atoms with Gasteiger partial charge in [0, 0.05) is 5.56 Å². The Morgan fingerprint density at radius 2 is 1.79 bits per heavy atom. The monoisotopic (exact) mass is 263 g/mol. The largest absolute Gasteiger partial charge is 0.464 e. The van der Waals surface area contributed by atoms with E-state index in [9.17, 15) is 14.0 Å². The number of nitrogens with zero attached hydrogens (tertiary/aromatic N) is 1. The summed E-state index contributed by atoms with van der Waals surface area (Å²) >= 11 is 0. The molecule has 19 heavy (non-hydrogen) atoms. The lowest BCUT2D eigenvalue weighted by molar-refractivity contribution is -0.132. The van der Waals surface area contributed by atoms with Gasteiger partial charge in [-0.3, -0.25) is 4.79 Å². The van der Waals surface area contributed by atoms with E-state index in [1.807, 2.05) is 0 Å². The first-order chi connectivity index (χ1) is 9.08. The minimum Gasteiger partial charge on any atom is -0.464 e. The maximum Gasteiger partial charge on any atom is 0.368 e. The summed E-state index contributed by atoms with van der Waals surface area (Å²) in [6, 6.07) is 4.86. The third-order valence-electron chi connectivity index (χ3n) is 1.96. The van der Waals surface area contributed by atoms with Crippen molar-refractivity contribution in [2.75, 3.05) is 14.2 Å². The van der Waals surface area contributed by atoms with Crippen molar-refractivity contribution in [3.8, 4) is 11.8 Å². The first kappa shape index (κ1) is 14.4. The summed E-state index contributed by atoms with van der Waals surface area (Å²) in [7, 11) is 2.38. The van der Waals surface area contributed by atoms with E-state index in [1.165, 1.54) is 19.2 Å². The first-order valence-corrected chi connectivity index (χ1v) is 5.10. The van der Waals surface area contributed by atoms with Crippen molar-refractivity contribution in [1.82, 2.24) is 0 Å². The second kappa shape index (κ2) is 6.91. The van der Waals surface area contributed by atoms with E-state index in [2.05, 4.69) is 26.6 Å². The van der Waals surface area contributed by atoms with Gasteiger partial charge in [-0.05, 0) is 36.1 Å². The Hall–Kier alpha value is -2.68. The van der Waals surface area contributed by atoms with E-state index >= 15 is 0 Å². The van der Waals surface area contributed by atoms with Gasteiger partial charge in [0.15, 0.2) is 0 Å². The molecule has 5 nitrogen and oxygen atoms in total. The molecule has 0 amide bonds. The molecular formula is C13H10FNO4. The highest BCUT2D eigenvalue weighted by Gasteiger charge is 2.10. The van der Waals surface area contributed by atoms with Crippen LogP contribution in [0.3, 0.4) is 0 Å². The van der Waals surface area contributed by atoms with Gasteiger partial charge in [0.05, 0.1) is 7.11 Å². The molecule has 6 heteroatoms. The van der Waals surface area contributed by atoms with E-state index in [4.69, 9.17) is 0 Å². The lowest BCUT2D eigenvalue weighted by Gasteiger charge is -1.95. The molecule has 0 saturated carbocycles. The number of carbonyl (C=O) groups is 2. The summed E-state index contributed by atoms with van der Waals surface area (Å²) in [5.41, 5.74) is -0.129. The number of ether oxygens (including phenoxy) is 1. The zero-order chi connectivity index (χ0) is 14.3. The van der Waals surface area contributed by atoms with Crippen LogP contribution in [0.5, 0.6) is 0 Å². The number of esters is 1. The molecule has 0 fully saturated rings. The number of ketones is 1. The molecule has 0 heterocycles. The predicted octanol–water partition coefficient (Wildman–Crippen LogP) is 1.19. The van der Waals surface area contributed by atoms with Crippen molar-refractivity contribution in [3.05, 3.63) is 35.6 Å². The predicted molar refractivity (Wildman–Crippen MR) is 65.0 cm³/mol. The number of hydrogen-bond acceptors (Lipinski definition) is 5. The number of oxime groups is 1. The third kappa shape index (κ3) is 4.24. The number of halogens is 1. The molecule has 0 bridgehead atoms. The Morgan fingerprint density at radius 1 is 1.16 bits per heavy atom. The third-order valence-corrected chi connectivity index (χ3v) is 1.96. The maximum atomic E-state index is 12.7. The lowest BCUT2D eigenvalue weighted by Crippen LogP contribution is -2.14. The molecular weight excluding hydrogens is 253 g/mol. The summed E-state index contributed by atoms with van der Waals surface area (Å²) in [6.45, 7) is 0. The van der Waals surface area contributed by atoms with Gasteiger partial charge in [-0.2, -0.15) is 0 Å². The molecule has 0 spiro atoms. The number of methoxy groups -OCH3 is 1. The van der Waals surface area contributed by atoms with Gasteiger partial charge < -0.3 is 9.57 Å². The fraction of sp³-hybridized carbons (Fsp3) is 0.154. The van der Waals surface area contributed by atoms with Crippen LogP contribution >= 0.6 is 0 Å². The van der Waals surface area contributed by atoms with Crippen molar-refractivity contribution in [3.63, 3.8) is 0 Å². The molecule has 0 radical (unpaired) electrons. The minimum absolute atomic E-state index is 0.204. The molecule has 0 aliphatic carbocycles. The van der Waals surface area contributed by atoms with Gasteiger partial charge in [-0.25, -0.2) is 9.18 Å². The molecule has 0 saturated heterocycles. The summed E-state index contributed by atoms with van der Waals surface area (Å²) in [4.78, 5) is 27.2. The molecule has 0 unspecified atom stereocenters. The van der Waals surface area contributed by atoms with Gasteiger partial charge in [-0.15, -0.1) is 0 Å². The highest BCUT2D eigenvalue weighted by atomic mass is 19.1. The molecule has 0 aliphatic heterocycles. The molecule has 0 atom stereocenters. The average Bonchev–Trinajstić information content (AvgIpc) is 2.43. The summed E-state index contributed by atoms with van der Waals surface area (Å²) in [5.74, 6) is 2.58. The first-order valence-electron chi connectivity index (χ1n) is 5.10. The quantitative estimate of drug-likeness (QED) is 0.205. The van der Waals surface area contributed by atoms with Crippen LogP contribution in [0.25, 0.3) is 0 Å². The summed E-state index contributed by atoms with van der Waals surface area (Å²) in [6.07, 6.45) is 0. The summed E-state index contributed by atoms with van der Waals surface area (Å²) in [5, 5.41) is 3.33. The molecule has 0 N–H and O–H groups in total. The Morgan fingerprint density at radius 3 is 2.32 bits per heavy atom. The minimum atomic E-state index is -0.818. The topological polar surface area (TPSA) is 65.0 Å². The van der Waals surface area contributed by atoms with Crippen LogP contribution in [-0.4, -0.2) is 31.7 Å². The average molecular weight is 263 g/mol. The van der Waals surface area contributed by atoms with Crippen LogP contribution < -0.4 is 0 Å². The Kier molecular flexibility index (Phi) is 5.23.